The van der Waals surface area contributed by atoms with Crippen molar-refractivity contribution < 1.29 is 9.53 Å². The van der Waals surface area contributed by atoms with Crippen molar-refractivity contribution >= 4 is 11.6 Å². The molecule has 1 aromatic rings. The van der Waals surface area contributed by atoms with E-state index in [0.717, 1.165) is 17.7 Å². The van der Waals surface area contributed by atoms with E-state index >= 15 is 0 Å². The fourth-order valence-corrected chi connectivity index (χ4v) is 2.40. The SMILES string of the molecule is CC(C)N(C(=O)C1CCOC1)c1ccc(CN)cc1. The second-order valence-corrected chi connectivity index (χ2v) is 5.23. The van der Waals surface area contributed by atoms with Gasteiger partial charge in [0, 0.05) is 24.9 Å². The Hall–Kier alpha value is -1.39. The van der Waals surface area contributed by atoms with Crippen molar-refractivity contribution in [1.82, 2.24) is 0 Å². The normalized spacial score (nSPS) is 18.8. The van der Waals surface area contributed by atoms with Gasteiger partial charge in [-0.2, -0.15) is 0 Å². The summed E-state index contributed by atoms with van der Waals surface area (Å²) in [5, 5.41) is 0. The second-order valence-electron chi connectivity index (χ2n) is 5.23. The topological polar surface area (TPSA) is 55.6 Å². The number of carbonyl (C=O) groups excluding carboxylic acids is 1. The van der Waals surface area contributed by atoms with E-state index in [2.05, 4.69) is 0 Å². The zero-order valence-corrected chi connectivity index (χ0v) is 11.6. The number of nitrogens with two attached hydrogens (primary N) is 1. The van der Waals surface area contributed by atoms with Gasteiger partial charge in [0.05, 0.1) is 12.5 Å². The number of hydrogen-bond donors (Lipinski definition) is 1. The van der Waals surface area contributed by atoms with Crippen molar-refractivity contribution in [1.29, 1.82) is 0 Å². The molecule has 1 aliphatic heterocycles. The lowest BCUT2D eigenvalue weighted by atomic mass is 10.1. The number of ether oxygens (including phenoxy) is 1. The van der Waals surface area contributed by atoms with Crippen LogP contribution in [0.3, 0.4) is 0 Å². The van der Waals surface area contributed by atoms with Gasteiger partial charge in [0.25, 0.3) is 0 Å². The molecule has 4 nitrogen and oxygen atoms in total. The number of anilines is 1. The fraction of sp³-hybridized carbons (Fsp3) is 0.533. The molecule has 4 heteroatoms. The minimum absolute atomic E-state index is 0.00316. The van der Waals surface area contributed by atoms with Crippen LogP contribution >= 0.6 is 0 Å². The molecule has 1 amide bonds. The highest BCUT2D eigenvalue weighted by Crippen LogP contribution is 2.23. The fourth-order valence-electron chi connectivity index (χ4n) is 2.40. The highest BCUT2D eigenvalue weighted by molar-refractivity contribution is 5.95. The molecule has 1 saturated heterocycles. The summed E-state index contributed by atoms with van der Waals surface area (Å²) in [6.45, 7) is 5.82. The minimum atomic E-state index is -0.00316. The molecule has 1 fully saturated rings. The maximum Gasteiger partial charge on any atom is 0.232 e. The largest absolute Gasteiger partial charge is 0.381 e. The summed E-state index contributed by atoms with van der Waals surface area (Å²) in [5.74, 6) is 0.157. The van der Waals surface area contributed by atoms with Gasteiger partial charge >= 0.3 is 0 Å². The summed E-state index contributed by atoms with van der Waals surface area (Å²) in [4.78, 5) is 14.4. The van der Waals surface area contributed by atoms with Gasteiger partial charge in [0.1, 0.15) is 0 Å². The third-order valence-corrected chi connectivity index (χ3v) is 3.48. The van der Waals surface area contributed by atoms with Crippen LogP contribution in [0.25, 0.3) is 0 Å². The number of hydrogen-bond acceptors (Lipinski definition) is 3. The molecule has 104 valence electrons. The molecule has 1 atom stereocenters. The first-order chi connectivity index (χ1) is 9.13. The van der Waals surface area contributed by atoms with Crippen LogP contribution < -0.4 is 10.6 Å². The van der Waals surface area contributed by atoms with Crippen molar-refractivity contribution in [3.63, 3.8) is 0 Å². The Morgan fingerprint density at radius 2 is 2.11 bits per heavy atom. The molecule has 19 heavy (non-hydrogen) atoms. The Morgan fingerprint density at radius 1 is 1.42 bits per heavy atom. The van der Waals surface area contributed by atoms with E-state index in [9.17, 15) is 4.79 Å². The maximum absolute atomic E-state index is 12.6. The molecule has 1 heterocycles. The molecular weight excluding hydrogens is 240 g/mol. The van der Waals surface area contributed by atoms with E-state index in [1.165, 1.54) is 0 Å². The molecule has 0 aliphatic carbocycles. The summed E-state index contributed by atoms with van der Waals surface area (Å²) in [5.41, 5.74) is 7.61. The molecule has 1 aliphatic rings. The summed E-state index contributed by atoms with van der Waals surface area (Å²) in [6.07, 6.45) is 0.822. The molecule has 0 radical (unpaired) electrons. The monoisotopic (exact) mass is 262 g/mol. The quantitative estimate of drug-likeness (QED) is 0.902. The molecule has 0 aromatic heterocycles. The van der Waals surface area contributed by atoms with Crippen molar-refractivity contribution in [2.75, 3.05) is 18.1 Å². The zero-order valence-electron chi connectivity index (χ0n) is 11.6. The summed E-state index contributed by atoms with van der Waals surface area (Å²) >= 11 is 0. The van der Waals surface area contributed by atoms with E-state index in [-0.39, 0.29) is 17.9 Å². The lowest BCUT2D eigenvalue weighted by Gasteiger charge is -2.29. The van der Waals surface area contributed by atoms with Crippen molar-refractivity contribution in [3.05, 3.63) is 29.8 Å². The van der Waals surface area contributed by atoms with Gasteiger partial charge in [-0.3, -0.25) is 4.79 Å². The molecule has 1 aromatic carbocycles. The number of amides is 1. The van der Waals surface area contributed by atoms with E-state index in [1.54, 1.807) is 0 Å². The van der Waals surface area contributed by atoms with Crippen LogP contribution in [0, 0.1) is 5.92 Å². The Balaban J connectivity index is 2.20. The molecule has 0 bridgehead atoms. The van der Waals surface area contributed by atoms with Crippen LogP contribution in [0.2, 0.25) is 0 Å². The second kappa shape index (κ2) is 6.17. The Bertz CT molecular complexity index is 422. The molecule has 2 rings (SSSR count). The lowest BCUT2D eigenvalue weighted by Crippen LogP contribution is -2.41. The van der Waals surface area contributed by atoms with Crippen LogP contribution in [0.1, 0.15) is 25.8 Å². The molecule has 0 spiro atoms. The van der Waals surface area contributed by atoms with Crippen molar-refractivity contribution in [2.24, 2.45) is 11.7 Å². The predicted molar refractivity (Wildman–Crippen MR) is 75.9 cm³/mol. The van der Waals surface area contributed by atoms with Gasteiger partial charge in [0.2, 0.25) is 5.91 Å². The highest BCUT2D eigenvalue weighted by atomic mass is 16.5. The lowest BCUT2D eigenvalue weighted by molar-refractivity contribution is -0.122. The van der Waals surface area contributed by atoms with Gasteiger partial charge < -0.3 is 15.4 Å². The standard InChI is InChI=1S/C15H22N2O2/c1-11(2)17(15(18)13-7-8-19-10-13)14-5-3-12(9-16)4-6-14/h3-6,11,13H,7-10,16H2,1-2H3. The summed E-state index contributed by atoms with van der Waals surface area (Å²) in [7, 11) is 0. The number of nitrogens with zero attached hydrogens (tertiary/aromatic N) is 1. The predicted octanol–water partition coefficient (Wildman–Crippen LogP) is 1.92. The van der Waals surface area contributed by atoms with Gasteiger partial charge in [-0.15, -0.1) is 0 Å². The molecule has 1 unspecified atom stereocenters. The van der Waals surface area contributed by atoms with Crippen LogP contribution in [0.5, 0.6) is 0 Å². The Labute approximate surface area is 114 Å². The van der Waals surface area contributed by atoms with Crippen molar-refractivity contribution in [3.8, 4) is 0 Å². The average molecular weight is 262 g/mol. The van der Waals surface area contributed by atoms with Gasteiger partial charge in [0.15, 0.2) is 0 Å². The van der Waals surface area contributed by atoms with Gasteiger partial charge in [-0.1, -0.05) is 12.1 Å². The van der Waals surface area contributed by atoms with Crippen LogP contribution in [-0.4, -0.2) is 25.2 Å². The number of rotatable bonds is 4. The molecule has 0 saturated carbocycles. The van der Waals surface area contributed by atoms with Gasteiger partial charge in [-0.25, -0.2) is 0 Å². The number of benzene rings is 1. The Kier molecular flexibility index (Phi) is 4.56. The maximum atomic E-state index is 12.6. The average Bonchev–Trinajstić information content (AvgIpc) is 2.93. The Morgan fingerprint density at radius 3 is 2.58 bits per heavy atom. The smallest absolute Gasteiger partial charge is 0.232 e. The molecular formula is C15H22N2O2. The van der Waals surface area contributed by atoms with E-state index in [4.69, 9.17) is 10.5 Å². The summed E-state index contributed by atoms with van der Waals surface area (Å²) < 4.78 is 5.32. The van der Waals surface area contributed by atoms with E-state index < -0.39 is 0 Å². The first kappa shape index (κ1) is 14.0. The third kappa shape index (κ3) is 3.14. The van der Waals surface area contributed by atoms with Crippen molar-refractivity contribution in [2.45, 2.75) is 32.9 Å². The number of carbonyl (C=O) groups is 1. The van der Waals surface area contributed by atoms with Crippen LogP contribution in [0.15, 0.2) is 24.3 Å². The van der Waals surface area contributed by atoms with E-state index in [1.807, 2.05) is 43.0 Å². The zero-order chi connectivity index (χ0) is 13.8. The summed E-state index contributed by atoms with van der Waals surface area (Å²) in [6, 6.07) is 8.02. The first-order valence-electron chi connectivity index (χ1n) is 6.83. The minimum Gasteiger partial charge on any atom is -0.381 e. The van der Waals surface area contributed by atoms with Crippen LogP contribution in [0.4, 0.5) is 5.69 Å². The van der Waals surface area contributed by atoms with Gasteiger partial charge in [-0.05, 0) is 38.0 Å². The van der Waals surface area contributed by atoms with Crippen LogP contribution in [-0.2, 0) is 16.1 Å². The third-order valence-electron chi connectivity index (χ3n) is 3.48. The highest BCUT2D eigenvalue weighted by Gasteiger charge is 2.30. The van der Waals surface area contributed by atoms with E-state index in [0.29, 0.717) is 19.8 Å². The molecule has 2 N–H and O–H groups in total. The first-order valence-corrected chi connectivity index (χ1v) is 6.83.